The van der Waals surface area contributed by atoms with Crippen molar-refractivity contribution >= 4 is 5.91 Å². The molecule has 0 aromatic rings. The highest BCUT2D eigenvalue weighted by atomic mass is 16.1. The van der Waals surface area contributed by atoms with Crippen LogP contribution in [0.5, 0.6) is 0 Å². The Labute approximate surface area is 113 Å². The first kappa shape index (κ1) is 17.4. The Morgan fingerprint density at radius 2 is 1.72 bits per heavy atom. The van der Waals surface area contributed by atoms with Crippen LogP contribution in [-0.4, -0.2) is 38.0 Å². The Bertz CT molecular complexity index is 225. The van der Waals surface area contributed by atoms with E-state index in [1.165, 1.54) is 6.42 Å². The highest BCUT2D eigenvalue weighted by molar-refractivity contribution is 5.76. The van der Waals surface area contributed by atoms with Gasteiger partial charge in [-0.1, -0.05) is 34.1 Å². The maximum absolute atomic E-state index is 11.9. The lowest BCUT2D eigenvalue weighted by Gasteiger charge is -2.21. The number of carbonyl (C=O) groups is 1. The first-order valence-electron chi connectivity index (χ1n) is 7.24. The summed E-state index contributed by atoms with van der Waals surface area (Å²) in [5, 5.41) is 3.01. The molecular weight excluding hydrogens is 224 g/mol. The summed E-state index contributed by atoms with van der Waals surface area (Å²) < 4.78 is 0. The van der Waals surface area contributed by atoms with Crippen LogP contribution in [0.1, 0.15) is 47.0 Å². The Kier molecular flexibility index (Phi) is 9.08. The molecule has 0 aliphatic heterocycles. The van der Waals surface area contributed by atoms with Crippen molar-refractivity contribution in [3.8, 4) is 0 Å². The molecule has 0 aromatic carbocycles. The minimum atomic E-state index is 0.208. The van der Waals surface area contributed by atoms with Crippen molar-refractivity contribution in [1.82, 2.24) is 10.2 Å². The number of amides is 1. The number of nitrogens with one attached hydrogen (secondary N) is 1. The molecule has 18 heavy (non-hydrogen) atoms. The Hall–Kier alpha value is -0.570. The molecule has 0 bridgehead atoms. The summed E-state index contributed by atoms with van der Waals surface area (Å²) in [7, 11) is 4.04. The predicted octanol–water partition coefficient (Wildman–Crippen LogP) is 2.76. The molecule has 0 saturated heterocycles. The van der Waals surface area contributed by atoms with E-state index in [4.69, 9.17) is 0 Å². The molecule has 3 nitrogen and oxygen atoms in total. The van der Waals surface area contributed by atoms with E-state index < -0.39 is 0 Å². The maximum Gasteiger partial charge on any atom is 0.220 e. The molecule has 0 spiro atoms. The number of hydrogen-bond donors (Lipinski definition) is 1. The van der Waals surface area contributed by atoms with E-state index in [0.717, 1.165) is 25.4 Å². The minimum absolute atomic E-state index is 0.208. The molecule has 0 heterocycles. The maximum atomic E-state index is 11.9. The van der Waals surface area contributed by atoms with Gasteiger partial charge in [0.1, 0.15) is 0 Å². The zero-order valence-corrected chi connectivity index (χ0v) is 13.1. The molecule has 1 atom stereocenters. The topological polar surface area (TPSA) is 32.3 Å². The third-order valence-corrected chi connectivity index (χ3v) is 3.39. The van der Waals surface area contributed by atoms with E-state index in [-0.39, 0.29) is 5.91 Å². The number of carbonyl (C=O) groups excluding carboxylic acids is 1. The quantitative estimate of drug-likeness (QED) is 0.688. The summed E-state index contributed by atoms with van der Waals surface area (Å²) in [6.07, 6.45) is 3.06. The number of rotatable bonds is 9. The van der Waals surface area contributed by atoms with Crippen LogP contribution in [0.3, 0.4) is 0 Å². The third kappa shape index (κ3) is 9.46. The first-order chi connectivity index (χ1) is 8.32. The van der Waals surface area contributed by atoms with Crippen LogP contribution in [-0.2, 0) is 4.79 Å². The second-order valence-electron chi connectivity index (χ2n) is 6.33. The van der Waals surface area contributed by atoms with E-state index in [1.54, 1.807) is 0 Å². The van der Waals surface area contributed by atoms with E-state index >= 15 is 0 Å². The Morgan fingerprint density at radius 3 is 2.17 bits per heavy atom. The molecule has 0 aliphatic rings. The van der Waals surface area contributed by atoms with Crippen LogP contribution in [0.25, 0.3) is 0 Å². The molecule has 1 amide bonds. The van der Waals surface area contributed by atoms with Crippen LogP contribution in [0.4, 0.5) is 0 Å². The van der Waals surface area contributed by atoms with Crippen LogP contribution in [0.2, 0.25) is 0 Å². The van der Waals surface area contributed by atoms with Crippen molar-refractivity contribution in [2.75, 3.05) is 27.2 Å². The first-order valence-corrected chi connectivity index (χ1v) is 7.24. The molecule has 1 N–H and O–H groups in total. The molecule has 0 aliphatic carbocycles. The second kappa shape index (κ2) is 9.37. The van der Waals surface area contributed by atoms with Crippen molar-refractivity contribution < 1.29 is 4.79 Å². The standard InChI is InChI=1S/C15H32N2O/c1-12(2)7-8-14(13(3)4)11-15(18)16-9-10-17(5)6/h12-14H,7-11H2,1-6H3,(H,16,18)/t14-/m0/s1. The lowest BCUT2D eigenvalue weighted by molar-refractivity contribution is -0.122. The van der Waals surface area contributed by atoms with Crippen LogP contribution < -0.4 is 5.32 Å². The van der Waals surface area contributed by atoms with Crippen LogP contribution in [0.15, 0.2) is 0 Å². The van der Waals surface area contributed by atoms with Gasteiger partial charge in [0, 0.05) is 19.5 Å². The van der Waals surface area contributed by atoms with E-state index in [9.17, 15) is 4.79 Å². The molecule has 0 unspecified atom stereocenters. The molecule has 108 valence electrons. The fourth-order valence-electron chi connectivity index (χ4n) is 1.95. The van der Waals surface area contributed by atoms with Gasteiger partial charge < -0.3 is 10.2 Å². The van der Waals surface area contributed by atoms with E-state index in [1.807, 2.05) is 14.1 Å². The van der Waals surface area contributed by atoms with Crippen LogP contribution in [0, 0.1) is 17.8 Å². The van der Waals surface area contributed by atoms with Crippen molar-refractivity contribution in [1.29, 1.82) is 0 Å². The third-order valence-electron chi connectivity index (χ3n) is 3.39. The zero-order chi connectivity index (χ0) is 14.1. The van der Waals surface area contributed by atoms with E-state index in [0.29, 0.717) is 18.3 Å². The van der Waals surface area contributed by atoms with Crippen LogP contribution >= 0.6 is 0 Å². The average molecular weight is 256 g/mol. The van der Waals surface area contributed by atoms with Gasteiger partial charge >= 0.3 is 0 Å². The SMILES string of the molecule is CC(C)CC[C@@H](CC(=O)NCCN(C)C)C(C)C. The largest absolute Gasteiger partial charge is 0.355 e. The minimum Gasteiger partial charge on any atom is -0.355 e. The normalized spacial score (nSPS) is 13.4. The fraction of sp³-hybridized carbons (Fsp3) is 0.933. The highest BCUT2D eigenvalue weighted by Gasteiger charge is 2.17. The average Bonchev–Trinajstić information content (AvgIpc) is 2.22. The predicted molar refractivity (Wildman–Crippen MR) is 78.6 cm³/mol. The van der Waals surface area contributed by atoms with Gasteiger partial charge in [-0.05, 0) is 38.3 Å². The number of hydrogen-bond acceptors (Lipinski definition) is 2. The Morgan fingerprint density at radius 1 is 1.11 bits per heavy atom. The summed E-state index contributed by atoms with van der Waals surface area (Å²) in [6.45, 7) is 10.6. The van der Waals surface area contributed by atoms with Gasteiger partial charge in [0.25, 0.3) is 0 Å². The monoisotopic (exact) mass is 256 g/mol. The van der Waals surface area contributed by atoms with Crippen molar-refractivity contribution in [2.24, 2.45) is 17.8 Å². The zero-order valence-electron chi connectivity index (χ0n) is 13.1. The smallest absolute Gasteiger partial charge is 0.220 e. The number of nitrogens with zero attached hydrogens (tertiary/aromatic N) is 1. The molecule has 0 aromatic heterocycles. The summed E-state index contributed by atoms with van der Waals surface area (Å²) in [4.78, 5) is 13.9. The summed E-state index contributed by atoms with van der Waals surface area (Å²) in [5.74, 6) is 2.04. The molecule has 0 radical (unpaired) electrons. The van der Waals surface area contributed by atoms with Gasteiger partial charge in [0.2, 0.25) is 5.91 Å². The molecule has 0 rings (SSSR count). The van der Waals surface area contributed by atoms with Gasteiger partial charge in [-0.3, -0.25) is 4.79 Å². The molecule has 0 fully saturated rings. The van der Waals surface area contributed by atoms with Crippen molar-refractivity contribution in [3.05, 3.63) is 0 Å². The van der Waals surface area contributed by atoms with Gasteiger partial charge in [0.15, 0.2) is 0 Å². The second-order valence-corrected chi connectivity index (χ2v) is 6.33. The molecule has 3 heteroatoms. The summed E-state index contributed by atoms with van der Waals surface area (Å²) in [5.41, 5.74) is 0. The van der Waals surface area contributed by atoms with E-state index in [2.05, 4.69) is 37.9 Å². The lowest BCUT2D eigenvalue weighted by atomic mass is 9.86. The van der Waals surface area contributed by atoms with Gasteiger partial charge in [-0.15, -0.1) is 0 Å². The number of likely N-dealkylation sites (N-methyl/N-ethyl adjacent to an activating group) is 1. The lowest BCUT2D eigenvalue weighted by Crippen LogP contribution is -2.33. The summed E-state index contributed by atoms with van der Waals surface area (Å²) >= 11 is 0. The van der Waals surface area contributed by atoms with Gasteiger partial charge in [-0.2, -0.15) is 0 Å². The van der Waals surface area contributed by atoms with Gasteiger partial charge in [-0.25, -0.2) is 0 Å². The van der Waals surface area contributed by atoms with Crippen molar-refractivity contribution in [2.45, 2.75) is 47.0 Å². The molecule has 0 saturated carbocycles. The summed E-state index contributed by atoms with van der Waals surface area (Å²) in [6, 6.07) is 0. The van der Waals surface area contributed by atoms with Crippen molar-refractivity contribution in [3.63, 3.8) is 0 Å². The highest BCUT2D eigenvalue weighted by Crippen LogP contribution is 2.23. The van der Waals surface area contributed by atoms with Gasteiger partial charge in [0.05, 0.1) is 0 Å². The molecular formula is C15H32N2O. The fourth-order valence-corrected chi connectivity index (χ4v) is 1.95. The Balaban J connectivity index is 3.96.